The van der Waals surface area contributed by atoms with E-state index in [9.17, 15) is 18.5 Å². The molecule has 26 heavy (non-hydrogen) atoms. The van der Waals surface area contributed by atoms with Gasteiger partial charge in [-0.05, 0) is 36.6 Å². The maximum Gasteiger partial charge on any atom is 0.311 e. The second-order valence-electron chi connectivity index (χ2n) is 6.35. The van der Waals surface area contributed by atoms with Gasteiger partial charge in [-0.3, -0.25) is 10.1 Å². The van der Waals surface area contributed by atoms with Gasteiger partial charge in [0.2, 0.25) is 0 Å². The van der Waals surface area contributed by atoms with E-state index >= 15 is 0 Å². The Morgan fingerprint density at radius 2 is 2.12 bits per heavy atom. The van der Waals surface area contributed by atoms with Crippen LogP contribution in [0.4, 0.5) is 17.2 Å². The molecule has 2 heterocycles. The largest absolute Gasteiger partial charge is 0.370 e. The first-order valence-electron chi connectivity index (χ1n) is 8.23. The highest BCUT2D eigenvalue weighted by atomic mass is 32.2. The van der Waals surface area contributed by atoms with Crippen LogP contribution in [-0.4, -0.2) is 44.2 Å². The van der Waals surface area contributed by atoms with E-state index in [2.05, 4.69) is 10.3 Å². The van der Waals surface area contributed by atoms with Crippen molar-refractivity contribution in [3.63, 3.8) is 0 Å². The van der Waals surface area contributed by atoms with Gasteiger partial charge in [-0.25, -0.2) is 13.4 Å². The Morgan fingerprint density at radius 1 is 1.31 bits per heavy atom. The molecule has 9 heteroatoms. The van der Waals surface area contributed by atoms with Crippen LogP contribution in [0.25, 0.3) is 0 Å². The maximum absolute atomic E-state index is 11.9. The summed E-state index contributed by atoms with van der Waals surface area (Å²) in [5.41, 5.74) is 0.0200. The van der Waals surface area contributed by atoms with Gasteiger partial charge in [-0.1, -0.05) is 12.1 Å². The van der Waals surface area contributed by atoms with Crippen LogP contribution in [0.3, 0.4) is 0 Å². The Kier molecular flexibility index (Phi) is 5.08. The highest BCUT2D eigenvalue weighted by Crippen LogP contribution is 2.37. The number of nitro benzene ring substituents is 1. The minimum atomic E-state index is -3.68. The molecular weight excluding hydrogens is 356 g/mol. The van der Waals surface area contributed by atoms with Crippen LogP contribution in [0.5, 0.6) is 0 Å². The fourth-order valence-corrected chi connectivity index (χ4v) is 4.04. The van der Waals surface area contributed by atoms with Crippen molar-refractivity contribution in [2.45, 2.75) is 11.3 Å². The molecule has 0 aliphatic carbocycles. The lowest BCUT2D eigenvalue weighted by molar-refractivity contribution is -0.387. The number of nitrogens with one attached hydrogen (secondary N) is 1. The summed E-state index contributed by atoms with van der Waals surface area (Å²) in [4.78, 5) is 16.8. The highest BCUT2D eigenvalue weighted by molar-refractivity contribution is 7.90. The molecule has 1 unspecified atom stereocenters. The number of benzene rings is 1. The van der Waals surface area contributed by atoms with E-state index in [1.807, 2.05) is 23.1 Å². The maximum atomic E-state index is 11.9. The molecule has 1 aromatic carbocycles. The van der Waals surface area contributed by atoms with Gasteiger partial charge in [0.15, 0.2) is 9.84 Å². The molecule has 3 rings (SSSR count). The number of pyridine rings is 1. The molecule has 1 fully saturated rings. The van der Waals surface area contributed by atoms with Gasteiger partial charge in [-0.2, -0.15) is 0 Å². The Balaban J connectivity index is 1.77. The topological polar surface area (TPSA) is 105 Å². The number of hydrogen-bond acceptors (Lipinski definition) is 7. The molecule has 0 bridgehead atoms. The fraction of sp³-hybridized carbons (Fsp3) is 0.353. The molecule has 8 nitrogen and oxygen atoms in total. The summed E-state index contributed by atoms with van der Waals surface area (Å²) in [5, 5.41) is 14.8. The van der Waals surface area contributed by atoms with Crippen LogP contribution in [0, 0.1) is 16.0 Å². The van der Waals surface area contributed by atoms with Gasteiger partial charge in [0.05, 0.1) is 4.92 Å². The van der Waals surface area contributed by atoms with Crippen molar-refractivity contribution in [2.75, 3.05) is 36.1 Å². The SMILES string of the molecule is CS(=O)(=O)c1cccc(N2CCC(CNc3ccccn3)C2)c1[N+](=O)[O-]. The summed E-state index contributed by atoms with van der Waals surface area (Å²) in [6.45, 7) is 1.96. The summed E-state index contributed by atoms with van der Waals surface area (Å²) < 4.78 is 23.8. The number of hydrogen-bond donors (Lipinski definition) is 1. The smallest absolute Gasteiger partial charge is 0.311 e. The quantitative estimate of drug-likeness (QED) is 0.609. The lowest BCUT2D eigenvalue weighted by Gasteiger charge is -2.19. The third-order valence-electron chi connectivity index (χ3n) is 4.42. The number of anilines is 2. The third-order valence-corrected chi connectivity index (χ3v) is 5.55. The number of nitro groups is 1. The fourth-order valence-electron chi connectivity index (χ4n) is 3.18. The van der Waals surface area contributed by atoms with Crippen LogP contribution < -0.4 is 10.2 Å². The molecule has 1 atom stereocenters. The summed E-state index contributed by atoms with van der Waals surface area (Å²) in [6, 6.07) is 10.1. The summed E-state index contributed by atoms with van der Waals surface area (Å²) in [5.74, 6) is 1.08. The van der Waals surface area contributed by atoms with Gasteiger partial charge in [0.1, 0.15) is 16.4 Å². The summed E-state index contributed by atoms with van der Waals surface area (Å²) >= 11 is 0. The molecule has 0 radical (unpaired) electrons. The lowest BCUT2D eigenvalue weighted by atomic mass is 10.1. The zero-order valence-corrected chi connectivity index (χ0v) is 15.1. The monoisotopic (exact) mass is 376 g/mol. The Hall–Kier alpha value is -2.68. The molecule has 0 spiro atoms. The molecule has 1 aliphatic heterocycles. The van der Waals surface area contributed by atoms with Crippen LogP contribution in [0.15, 0.2) is 47.5 Å². The van der Waals surface area contributed by atoms with Gasteiger partial charge >= 0.3 is 5.69 Å². The summed E-state index contributed by atoms with van der Waals surface area (Å²) in [7, 11) is -3.68. The van der Waals surface area contributed by atoms with Crippen molar-refractivity contribution >= 4 is 27.0 Å². The molecule has 2 aromatic rings. The van der Waals surface area contributed by atoms with E-state index in [0.29, 0.717) is 31.2 Å². The predicted octanol–water partition coefficient (Wildman–Crippen LogP) is 2.33. The first-order chi connectivity index (χ1) is 12.4. The van der Waals surface area contributed by atoms with E-state index < -0.39 is 14.8 Å². The van der Waals surface area contributed by atoms with Crippen molar-refractivity contribution in [3.8, 4) is 0 Å². The zero-order chi connectivity index (χ0) is 18.7. The van der Waals surface area contributed by atoms with E-state index in [1.54, 1.807) is 18.3 Å². The van der Waals surface area contributed by atoms with Crippen molar-refractivity contribution in [1.82, 2.24) is 4.98 Å². The van der Waals surface area contributed by atoms with E-state index in [4.69, 9.17) is 0 Å². The minimum absolute atomic E-state index is 0.241. The minimum Gasteiger partial charge on any atom is -0.370 e. The summed E-state index contributed by atoms with van der Waals surface area (Å²) in [6.07, 6.45) is 3.56. The Morgan fingerprint density at radius 3 is 2.77 bits per heavy atom. The normalized spacial score (nSPS) is 17.3. The number of sulfone groups is 1. The van der Waals surface area contributed by atoms with Crippen LogP contribution in [-0.2, 0) is 9.84 Å². The Bertz CT molecular complexity index is 902. The first kappa shape index (κ1) is 18.1. The Labute approximate surface area is 151 Å². The third kappa shape index (κ3) is 3.93. The van der Waals surface area contributed by atoms with E-state index in [0.717, 1.165) is 18.5 Å². The van der Waals surface area contributed by atoms with Crippen LogP contribution in [0.1, 0.15) is 6.42 Å². The predicted molar refractivity (Wildman–Crippen MR) is 99.3 cm³/mol. The van der Waals surface area contributed by atoms with Gasteiger partial charge in [-0.15, -0.1) is 0 Å². The van der Waals surface area contributed by atoms with Crippen LogP contribution >= 0.6 is 0 Å². The molecule has 1 aromatic heterocycles. The molecule has 0 saturated carbocycles. The van der Waals surface area contributed by atoms with E-state index in [-0.39, 0.29) is 10.6 Å². The average Bonchev–Trinajstić information content (AvgIpc) is 3.08. The molecule has 1 N–H and O–H groups in total. The van der Waals surface area contributed by atoms with Crippen molar-refractivity contribution < 1.29 is 13.3 Å². The second kappa shape index (κ2) is 7.28. The molecule has 0 amide bonds. The van der Waals surface area contributed by atoms with Gasteiger partial charge in [0.25, 0.3) is 0 Å². The zero-order valence-electron chi connectivity index (χ0n) is 14.3. The van der Waals surface area contributed by atoms with Crippen molar-refractivity contribution in [1.29, 1.82) is 0 Å². The van der Waals surface area contributed by atoms with Crippen molar-refractivity contribution in [3.05, 3.63) is 52.7 Å². The average molecular weight is 376 g/mol. The number of para-hydroxylation sites is 1. The van der Waals surface area contributed by atoms with E-state index in [1.165, 1.54) is 6.07 Å². The molecule has 1 saturated heterocycles. The van der Waals surface area contributed by atoms with Gasteiger partial charge in [0, 0.05) is 32.1 Å². The molecule has 138 valence electrons. The van der Waals surface area contributed by atoms with Crippen molar-refractivity contribution in [2.24, 2.45) is 5.92 Å². The highest BCUT2D eigenvalue weighted by Gasteiger charge is 2.32. The first-order valence-corrected chi connectivity index (χ1v) is 10.1. The molecular formula is C17H20N4O4S. The van der Waals surface area contributed by atoms with Gasteiger partial charge < -0.3 is 10.2 Å². The molecule has 1 aliphatic rings. The number of aromatic nitrogens is 1. The second-order valence-corrected chi connectivity index (χ2v) is 8.33. The standard InChI is InChI=1S/C17H20N4O4S/c1-26(24,25)15-6-4-5-14(17(15)21(22)23)20-10-8-13(12-20)11-19-16-7-2-3-9-18-16/h2-7,9,13H,8,10-12H2,1H3,(H,18,19). The van der Waals surface area contributed by atoms with Crippen LogP contribution in [0.2, 0.25) is 0 Å². The lowest BCUT2D eigenvalue weighted by Crippen LogP contribution is -2.24. The number of nitrogens with zero attached hydrogens (tertiary/aromatic N) is 3. The number of rotatable bonds is 6.